The first kappa shape index (κ1) is 19.7. The summed E-state index contributed by atoms with van der Waals surface area (Å²) in [5, 5.41) is 19.1. The van der Waals surface area contributed by atoms with E-state index in [1.807, 2.05) is 12.1 Å². The highest BCUT2D eigenvalue weighted by Gasteiger charge is 2.36. The number of carbonyl (C=O) groups excluding carboxylic acids is 1. The molecule has 152 valence electrons. The largest absolute Gasteiger partial charge is 0.385 e. The number of ether oxygens (including phenoxy) is 1. The van der Waals surface area contributed by atoms with Crippen molar-refractivity contribution in [1.29, 1.82) is 0 Å². The maximum atomic E-state index is 12.9. The van der Waals surface area contributed by atoms with E-state index in [4.69, 9.17) is 16.3 Å². The smallest absolute Gasteiger partial charge is 0.272 e. The first-order chi connectivity index (χ1) is 13.6. The standard InChI is InChI=1S/C21H28ClN3O3/c22-16-8-5-9-17-18(16)19(24-25(17)11-10-21(27)13-28-14-21)20(26)23-12-15-6-3-1-2-4-7-15/h5,8-9,15,27H,1-4,6-7,10-14H2,(H,23,26). The normalized spacial score (nSPS) is 19.9. The number of amides is 1. The fourth-order valence-corrected chi connectivity index (χ4v) is 4.46. The minimum atomic E-state index is -0.793. The molecule has 0 atom stereocenters. The molecule has 1 aromatic carbocycles. The lowest BCUT2D eigenvalue weighted by molar-refractivity contribution is -0.182. The number of benzene rings is 1. The van der Waals surface area contributed by atoms with Crippen LogP contribution in [0.3, 0.4) is 0 Å². The molecule has 7 heteroatoms. The minimum absolute atomic E-state index is 0.174. The Hall–Kier alpha value is -1.63. The van der Waals surface area contributed by atoms with E-state index >= 15 is 0 Å². The highest BCUT2D eigenvalue weighted by molar-refractivity contribution is 6.36. The quantitative estimate of drug-likeness (QED) is 0.720. The van der Waals surface area contributed by atoms with E-state index < -0.39 is 5.60 Å². The molecule has 28 heavy (non-hydrogen) atoms. The molecule has 6 nitrogen and oxygen atoms in total. The average molecular weight is 406 g/mol. The summed E-state index contributed by atoms with van der Waals surface area (Å²) < 4.78 is 6.89. The van der Waals surface area contributed by atoms with E-state index in [1.165, 1.54) is 38.5 Å². The number of nitrogens with one attached hydrogen (secondary N) is 1. The van der Waals surface area contributed by atoms with Crippen LogP contribution in [-0.2, 0) is 11.3 Å². The molecule has 1 saturated heterocycles. The van der Waals surface area contributed by atoms with Crippen molar-refractivity contribution in [3.05, 3.63) is 28.9 Å². The Morgan fingerprint density at radius 3 is 2.71 bits per heavy atom. The third kappa shape index (κ3) is 4.19. The third-order valence-electron chi connectivity index (χ3n) is 6.00. The topological polar surface area (TPSA) is 76.4 Å². The number of aryl methyl sites for hydroxylation is 1. The Labute approximate surface area is 170 Å². The maximum absolute atomic E-state index is 12.9. The third-order valence-corrected chi connectivity index (χ3v) is 6.31. The first-order valence-corrected chi connectivity index (χ1v) is 10.7. The molecule has 0 radical (unpaired) electrons. The van der Waals surface area contributed by atoms with E-state index in [1.54, 1.807) is 10.7 Å². The van der Waals surface area contributed by atoms with Crippen molar-refractivity contribution < 1.29 is 14.6 Å². The summed E-state index contributed by atoms with van der Waals surface area (Å²) in [6.07, 6.45) is 7.97. The second-order valence-electron chi connectivity index (χ2n) is 8.24. The van der Waals surface area contributed by atoms with Crippen LogP contribution in [0.25, 0.3) is 10.9 Å². The first-order valence-electron chi connectivity index (χ1n) is 10.3. The van der Waals surface area contributed by atoms with Gasteiger partial charge < -0.3 is 15.2 Å². The summed E-state index contributed by atoms with van der Waals surface area (Å²) in [6.45, 7) is 1.89. The summed E-state index contributed by atoms with van der Waals surface area (Å²) in [5.41, 5.74) is 0.390. The molecule has 2 heterocycles. The van der Waals surface area contributed by atoms with Crippen molar-refractivity contribution in [2.75, 3.05) is 19.8 Å². The Kier molecular flexibility index (Phi) is 5.90. The molecule has 1 aromatic heterocycles. The van der Waals surface area contributed by atoms with E-state index in [0.717, 1.165) is 5.52 Å². The number of fused-ring (bicyclic) bond motifs is 1. The van der Waals surface area contributed by atoms with Gasteiger partial charge in [0, 0.05) is 19.5 Å². The van der Waals surface area contributed by atoms with Crippen LogP contribution < -0.4 is 5.32 Å². The summed E-state index contributed by atoms with van der Waals surface area (Å²) >= 11 is 6.42. The van der Waals surface area contributed by atoms with E-state index in [2.05, 4.69) is 10.4 Å². The zero-order chi connectivity index (χ0) is 19.6. The van der Waals surface area contributed by atoms with Gasteiger partial charge in [0.2, 0.25) is 0 Å². The summed E-state index contributed by atoms with van der Waals surface area (Å²) in [7, 11) is 0. The zero-order valence-corrected chi connectivity index (χ0v) is 16.9. The van der Waals surface area contributed by atoms with Crippen molar-refractivity contribution in [1.82, 2.24) is 15.1 Å². The van der Waals surface area contributed by atoms with E-state index in [0.29, 0.717) is 54.7 Å². The predicted molar refractivity (Wildman–Crippen MR) is 109 cm³/mol. The number of hydrogen-bond donors (Lipinski definition) is 2. The Bertz CT molecular complexity index is 839. The molecular weight excluding hydrogens is 378 g/mol. The molecule has 1 amide bonds. The molecule has 0 spiro atoms. The van der Waals surface area contributed by atoms with Crippen molar-refractivity contribution in [2.24, 2.45) is 5.92 Å². The Balaban J connectivity index is 1.51. The molecule has 0 bridgehead atoms. The van der Waals surface area contributed by atoms with E-state index in [-0.39, 0.29) is 5.91 Å². The number of carbonyl (C=O) groups is 1. The summed E-state index contributed by atoms with van der Waals surface area (Å²) in [6, 6.07) is 5.56. The lowest BCUT2D eigenvalue weighted by atomic mass is 9.98. The number of hydrogen-bond acceptors (Lipinski definition) is 4. The van der Waals surface area contributed by atoms with Gasteiger partial charge in [-0.2, -0.15) is 5.10 Å². The number of halogens is 1. The zero-order valence-electron chi connectivity index (χ0n) is 16.1. The molecule has 1 aliphatic heterocycles. The van der Waals surface area contributed by atoms with Gasteiger partial charge in [-0.25, -0.2) is 0 Å². The lowest BCUT2D eigenvalue weighted by Crippen LogP contribution is -2.50. The number of rotatable bonds is 6. The van der Waals surface area contributed by atoms with Gasteiger partial charge in [0.15, 0.2) is 5.69 Å². The highest BCUT2D eigenvalue weighted by Crippen LogP contribution is 2.29. The van der Waals surface area contributed by atoms with Gasteiger partial charge in [0.25, 0.3) is 5.91 Å². The van der Waals surface area contributed by atoms with Crippen LogP contribution in [-0.4, -0.2) is 46.2 Å². The average Bonchev–Trinajstić information content (AvgIpc) is 2.85. The Morgan fingerprint density at radius 2 is 2.04 bits per heavy atom. The van der Waals surface area contributed by atoms with E-state index in [9.17, 15) is 9.90 Å². The van der Waals surface area contributed by atoms with Crippen LogP contribution in [0, 0.1) is 5.92 Å². The summed E-state index contributed by atoms with van der Waals surface area (Å²) in [5.74, 6) is 0.370. The maximum Gasteiger partial charge on any atom is 0.272 e. The van der Waals surface area contributed by atoms with Crippen LogP contribution in [0.2, 0.25) is 5.02 Å². The van der Waals surface area contributed by atoms with Crippen LogP contribution in [0.4, 0.5) is 0 Å². The molecular formula is C21H28ClN3O3. The molecule has 0 unspecified atom stereocenters. The van der Waals surface area contributed by atoms with Crippen LogP contribution >= 0.6 is 11.6 Å². The number of aromatic nitrogens is 2. The van der Waals surface area contributed by atoms with Gasteiger partial charge in [-0.05, 0) is 30.9 Å². The van der Waals surface area contributed by atoms with Gasteiger partial charge in [-0.15, -0.1) is 0 Å². The molecule has 2 fully saturated rings. The van der Waals surface area contributed by atoms with Crippen LogP contribution in [0.1, 0.15) is 55.4 Å². The lowest BCUT2D eigenvalue weighted by Gasteiger charge is -2.36. The molecule has 2 N–H and O–H groups in total. The number of aliphatic hydroxyl groups is 1. The van der Waals surface area contributed by atoms with Gasteiger partial charge in [-0.3, -0.25) is 9.48 Å². The molecule has 1 saturated carbocycles. The second kappa shape index (κ2) is 8.39. The fourth-order valence-electron chi connectivity index (χ4n) is 4.20. The van der Waals surface area contributed by atoms with Crippen LogP contribution in [0.5, 0.6) is 0 Å². The fraction of sp³-hybridized carbons (Fsp3) is 0.619. The second-order valence-corrected chi connectivity index (χ2v) is 8.65. The predicted octanol–water partition coefficient (Wildman–Crippen LogP) is 3.54. The molecule has 2 aliphatic rings. The summed E-state index contributed by atoms with van der Waals surface area (Å²) in [4.78, 5) is 12.9. The van der Waals surface area contributed by atoms with Gasteiger partial charge in [0.05, 0.1) is 29.1 Å². The number of nitrogens with zero attached hydrogens (tertiary/aromatic N) is 2. The molecule has 2 aromatic rings. The molecule has 1 aliphatic carbocycles. The van der Waals surface area contributed by atoms with Crippen molar-refractivity contribution in [3.63, 3.8) is 0 Å². The van der Waals surface area contributed by atoms with Crippen molar-refractivity contribution in [2.45, 2.75) is 57.1 Å². The highest BCUT2D eigenvalue weighted by atomic mass is 35.5. The SMILES string of the molecule is O=C(NCC1CCCCCC1)c1nn(CCC2(O)COC2)c2cccc(Cl)c12. The molecule has 4 rings (SSSR count). The Morgan fingerprint density at radius 1 is 1.29 bits per heavy atom. The minimum Gasteiger partial charge on any atom is -0.385 e. The van der Waals surface area contributed by atoms with Gasteiger partial charge in [-0.1, -0.05) is 43.4 Å². The monoisotopic (exact) mass is 405 g/mol. The van der Waals surface area contributed by atoms with Gasteiger partial charge >= 0.3 is 0 Å². The van der Waals surface area contributed by atoms with Crippen molar-refractivity contribution in [3.8, 4) is 0 Å². The van der Waals surface area contributed by atoms with Gasteiger partial charge in [0.1, 0.15) is 5.60 Å². The van der Waals surface area contributed by atoms with Crippen molar-refractivity contribution >= 4 is 28.4 Å². The van der Waals surface area contributed by atoms with Crippen LogP contribution in [0.15, 0.2) is 18.2 Å².